The smallest absolute Gasteiger partial charge is 1.00 e. The number of hydrogen-bond acceptors (Lipinski definition) is 0. The van der Waals surface area contributed by atoms with Crippen molar-refractivity contribution in [3.05, 3.63) is 5.73 Å². The quantitative estimate of drug-likeness (QED) is 0.383. The Labute approximate surface area is 102 Å². The third-order valence-electron chi connectivity index (χ3n) is 1.61. The van der Waals surface area contributed by atoms with Gasteiger partial charge < -0.3 is 43.0 Å². The van der Waals surface area contributed by atoms with Gasteiger partial charge in [-0.15, -0.1) is 6.04 Å². The molecule has 0 aromatic rings. The van der Waals surface area contributed by atoms with E-state index >= 15 is 0 Å². The summed E-state index contributed by atoms with van der Waals surface area (Å²) in [5.74, 6) is 0. The standard InChI is InChI=1S/C6H12N.3ClH.Ti/c7-6-4-2-1-3-5-6;;;;/h6-7H,1-5H2;3*1H;/q-1;;;;+4/p-3. The third kappa shape index (κ3) is 11.5. The van der Waals surface area contributed by atoms with E-state index in [4.69, 9.17) is 5.73 Å². The summed E-state index contributed by atoms with van der Waals surface area (Å²) < 4.78 is 0. The average molecular weight is 252 g/mol. The van der Waals surface area contributed by atoms with E-state index in [-0.39, 0.29) is 65.0 Å². The van der Waals surface area contributed by atoms with Crippen LogP contribution >= 0.6 is 0 Å². The Bertz CT molecular complexity index is 59.8. The zero-order chi connectivity index (χ0) is 5.11. The second-order valence-electron chi connectivity index (χ2n) is 2.33. The van der Waals surface area contributed by atoms with Crippen LogP contribution in [0, 0.1) is 0 Å². The SMILES string of the molecule is [Cl-].[Cl-].[Cl-].[NH-]C1CCCCC1.[Ti+4]. The summed E-state index contributed by atoms with van der Waals surface area (Å²) in [7, 11) is 0. The summed E-state index contributed by atoms with van der Waals surface area (Å²) in [5, 5.41) is 0. The van der Waals surface area contributed by atoms with Crippen molar-refractivity contribution in [2.75, 3.05) is 0 Å². The Morgan fingerprint density at radius 3 is 1.36 bits per heavy atom. The van der Waals surface area contributed by atoms with E-state index in [1.54, 1.807) is 0 Å². The molecule has 0 atom stereocenters. The van der Waals surface area contributed by atoms with Gasteiger partial charge in [0.15, 0.2) is 0 Å². The van der Waals surface area contributed by atoms with Crippen LogP contribution in [-0.2, 0) is 21.7 Å². The third-order valence-corrected chi connectivity index (χ3v) is 1.61. The Hall–Kier alpha value is 1.54. The van der Waals surface area contributed by atoms with E-state index in [0.717, 1.165) is 12.8 Å². The van der Waals surface area contributed by atoms with Crippen molar-refractivity contribution in [2.45, 2.75) is 38.1 Å². The van der Waals surface area contributed by atoms with Gasteiger partial charge in [-0.05, 0) is 0 Å². The normalized spacial score (nSPS) is 16.1. The van der Waals surface area contributed by atoms with E-state index < -0.39 is 0 Å². The van der Waals surface area contributed by atoms with E-state index in [1.165, 1.54) is 19.3 Å². The summed E-state index contributed by atoms with van der Waals surface area (Å²) in [5.41, 5.74) is 7.27. The molecule has 0 amide bonds. The van der Waals surface area contributed by atoms with E-state index in [2.05, 4.69) is 0 Å². The molecule has 1 rings (SSSR count). The Balaban J connectivity index is -0.0000000612. The van der Waals surface area contributed by atoms with Crippen LogP contribution in [0.15, 0.2) is 0 Å². The van der Waals surface area contributed by atoms with Gasteiger partial charge >= 0.3 is 21.7 Å². The fraction of sp³-hybridized carbons (Fsp3) is 1.00. The molecule has 0 aromatic carbocycles. The Morgan fingerprint density at radius 1 is 0.818 bits per heavy atom. The minimum Gasteiger partial charge on any atom is -1.00 e. The molecule has 1 saturated carbocycles. The number of halogens is 3. The van der Waals surface area contributed by atoms with Crippen LogP contribution in [0.25, 0.3) is 5.73 Å². The molecule has 0 aromatic heterocycles. The fourth-order valence-corrected chi connectivity index (χ4v) is 1.10. The van der Waals surface area contributed by atoms with Gasteiger partial charge in [0.1, 0.15) is 0 Å². The second kappa shape index (κ2) is 14.1. The van der Waals surface area contributed by atoms with Crippen molar-refractivity contribution >= 4 is 0 Å². The number of hydrogen-bond donors (Lipinski definition) is 0. The van der Waals surface area contributed by atoms with Crippen LogP contribution < -0.4 is 37.2 Å². The van der Waals surface area contributed by atoms with Gasteiger partial charge in [-0.1, -0.05) is 32.1 Å². The van der Waals surface area contributed by atoms with E-state index in [1.807, 2.05) is 0 Å². The van der Waals surface area contributed by atoms with Crippen molar-refractivity contribution in [3.8, 4) is 0 Å². The first-order valence-corrected chi connectivity index (χ1v) is 3.11. The van der Waals surface area contributed by atoms with Crippen LogP contribution in [0.1, 0.15) is 32.1 Å². The van der Waals surface area contributed by atoms with Gasteiger partial charge in [-0.25, -0.2) is 0 Å². The Morgan fingerprint density at radius 2 is 1.18 bits per heavy atom. The molecule has 1 aliphatic carbocycles. The Kier molecular flexibility index (Phi) is 29.3. The molecular weight excluding hydrogens is 240 g/mol. The van der Waals surface area contributed by atoms with Gasteiger partial charge in [0.25, 0.3) is 0 Å². The van der Waals surface area contributed by atoms with Gasteiger partial charge in [-0.2, -0.15) is 0 Å². The summed E-state index contributed by atoms with van der Waals surface area (Å²) >= 11 is 0. The van der Waals surface area contributed by atoms with Crippen molar-refractivity contribution in [1.82, 2.24) is 0 Å². The van der Waals surface area contributed by atoms with Crippen LogP contribution in [0.3, 0.4) is 0 Å². The van der Waals surface area contributed by atoms with Gasteiger partial charge in [0.05, 0.1) is 0 Å². The van der Waals surface area contributed by atoms with Crippen LogP contribution in [0.4, 0.5) is 0 Å². The minimum absolute atomic E-state index is 0. The first kappa shape index (κ1) is 22.9. The molecule has 5 heteroatoms. The number of nitrogens with one attached hydrogen (secondary N) is 1. The maximum Gasteiger partial charge on any atom is 4.00 e. The zero-order valence-corrected chi connectivity index (χ0v) is 10.1. The summed E-state index contributed by atoms with van der Waals surface area (Å²) in [6.07, 6.45) is 6.28. The van der Waals surface area contributed by atoms with Gasteiger partial charge in [0.2, 0.25) is 0 Å². The minimum atomic E-state index is 0. The second-order valence-corrected chi connectivity index (χ2v) is 2.33. The molecule has 1 N–H and O–H groups in total. The maximum atomic E-state index is 7.27. The molecule has 0 heterocycles. The van der Waals surface area contributed by atoms with Crippen LogP contribution in [0.5, 0.6) is 0 Å². The van der Waals surface area contributed by atoms with Crippen molar-refractivity contribution in [3.63, 3.8) is 0 Å². The first-order valence-electron chi connectivity index (χ1n) is 3.11. The van der Waals surface area contributed by atoms with Gasteiger partial charge in [0, 0.05) is 0 Å². The van der Waals surface area contributed by atoms with Crippen LogP contribution in [0.2, 0.25) is 0 Å². The number of rotatable bonds is 0. The first-order chi connectivity index (χ1) is 3.39. The molecule has 1 fully saturated rings. The monoisotopic (exact) mass is 251 g/mol. The molecule has 0 radical (unpaired) electrons. The molecule has 1 aliphatic rings. The molecule has 0 unspecified atom stereocenters. The fourth-order valence-electron chi connectivity index (χ4n) is 1.10. The molecule has 0 bridgehead atoms. The molecule has 0 spiro atoms. The predicted octanol–water partition coefficient (Wildman–Crippen LogP) is -6.62. The van der Waals surface area contributed by atoms with Gasteiger partial charge in [-0.3, -0.25) is 0 Å². The summed E-state index contributed by atoms with van der Waals surface area (Å²) in [4.78, 5) is 0. The maximum absolute atomic E-state index is 7.27. The van der Waals surface area contributed by atoms with Crippen molar-refractivity contribution in [1.29, 1.82) is 0 Å². The predicted molar refractivity (Wildman–Crippen MR) is 31.2 cm³/mol. The molecule has 11 heavy (non-hydrogen) atoms. The van der Waals surface area contributed by atoms with E-state index in [9.17, 15) is 0 Å². The molecular formula is C6H12Cl3NTi. The van der Waals surface area contributed by atoms with Crippen LogP contribution in [-0.4, -0.2) is 6.04 Å². The molecule has 0 saturated heterocycles. The molecule has 66 valence electrons. The average Bonchev–Trinajstić information content (AvgIpc) is 1.69. The largest absolute Gasteiger partial charge is 4.00 e. The summed E-state index contributed by atoms with van der Waals surface area (Å²) in [6, 6.07) is 0.286. The molecule has 0 aliphatic heterocycles. The summed E-state index contributed by atoms with van der Waals surface area (Å²) in [6.45, 7) is 0. The zero-order valence-electron chi connectivity index (χ0n) is 6.25. The van der Waals surface area contributed by atoms with Crippen molar-refractivity contribution < 1.29 is 58.9 Å². The topological polar surface area (TPSA) is 23.8 Å². The van der Waals surface area contributed by atoms with Crippen molar-refractivity contribution in [2.24, 2.45) is 0 Å². The van der Waals surface area contributed by atoms with E-state index in [0.29, 0.717) is 0 Å². The molecule has 1 nitrogen and oxygen atoms in total.